The minimum atomic E-state index is 0.693. The Hall–Kier alpha value is -0.300. The first kappa shape index (κ1) is 9.70. The molecule has 0 bridgehead atoms. The monoisotopic (exact) mass is 141 g/mol. The number of hydrogen-bond donors (Lipinski definition) is 1. The SMILES string of the molecule is CCC(=CC(C)CC)CN. The summed E-state index contributed by atoms with van der Waals surface area (Å²) in [7, 11) is 0. The van der Waals surface area contributed by atoms with Crippen LogP contribution in [0, 0.1) is 5.92 Å². The van der Waals surface area contributed by atoms with Gasteiger partial charge in [-0.1, -0.05) is 38.8 Å². The van der Waals surface area contributed by atoms with Gasteiger partial charge in [-0.15, -0.1) is 0 Å². The highest BCUT2D eigenvalue weighted by atomic mass is 14.5. The van der Waals surface area contributed by atoms with Gasteiger partial charge in [-0.2, -0.15) is 0 Å². The van der Waals surface area contributed by atoms with Gasteiger partial charge in [0.25, 0.3) is 0 Å². The van der Waals surface area contributed by atoms with Crippen molar-refractivity contribution in [2.75, 3.05) is 6.54 Å². The molecule has 10 heavy (non-hydrogen) atoms. The molecule has 0 fully saturated rings. The van der Waals surface area contributed by atoms with Crippen LogP contribution in [-0.2, 0) is 0 Å². The molecule has 1 atom stereocenters. The summed E-state index contributed by atoms with van der Waals surface area (Å²) in [6.07, 6.45) is 4.60. The molecule has 60 valence electrons. The summed E-state index contributed by atoms with van der Waals surface area (Å²) in [6, 6.07) is 0. The summed E-state index contributed by atoms with van der Waals surface area (Å²) >= 11 is 0. The van der Waals surface area contributed by atoms with Gasteiger partial charge in [-0.3, -0.25) is 0 Å². The van der Waals surface area contributed by atoms with Crippen LogP contribution in [0.5, 0.6) is 0 Å². The molecule has 0 amide bonds. The Morgan fingerprint density at radius 1 is 1.50 bits per heavy atom. The van der Waals surface area contributed by atoms with Crippen molar-refractivity contribution < 1.29 is 0 Å². The van der Waals surface area contributed by atoms with E-state index in [1.54, 1.807) is 0 Å². The van der Waals surface area contributed by atoms with Crippen LogP contribution < -0.4 is 5.73 Å². The van der Waals surface area contributed by atoms with Gasteiger partial charge in [0.2, 0.25) is 0 Å². The molecule has 0 heterocycles. The van der Waals surface area contributed by atoms with Crippen molar-refractivity contribution in [3.05, 3.63) is 11.6 Å². The number of allylic oxidation sites excluding steroid dienone is 1. The molecule has 0 aliphatic heterocycles. The van der Waals surface area contributed by atoms with Gasteiger partial charge in [0.05, 0.1) is 0 Å². The van der Waals surface area contributed by atoms with Crippen molar-refractivity contribution in [1.29, 1.82) is 0 Å². The predicted octanol–water partition coefficient (Wildman–Crippen LogP) is 2.33. The van der Waals surface area contributed by atoms with Crippen LogP contribution in [0.3, 0.4) is 0 Å². The van der Waals surface area contributed by atoms with Crippen molar-refractivity contribution in [2.45, 2.75) is 33.6 Å². The highest BCUT2D eigenvalue weighted by Crippen LogP contribution is 2.08. The standard InChI is InChI=1S/C9H19N/c1-4-8(3)6-9(5-2)7-10/h6,8H,4-5,7,10H2,1-3H3. The third kappa shape index (κ3) is 3.67. The first-order chi connectivity index (χ1) is 4.74. The Kier molecular flexibility index (Phi) is 5.32. The molecule has 0 rings (SSSR count). The smallest absolute Gasteiger partial charge is 0.0136 e. The molecular formula is C9H19N. The largest absolute Gasteiger partial charge is 0.327 e. The average molecular weight is 141 g/mol. The number of nitrogens with two attached hydrogens (primary N) is 1. The van der Waals surface area contributed by atoms with E-state index in [9.17, 15) is 0 Å². The topological polar surface area (TPSA) is 26.0 Å². The van der Waals surface area contributed by atoms with E-state index < -0.39 is 0 Å². The van der Waals surface area contributed by atoms with Crippen LogP contribution in [0.25, 0.3) is 0 Å². The van der Waals surface area contributed by atoms with Crippen molar-refractivity contribution >= 4 is 0 Å². The third-order valence-electron chi connectivity index (χ3n) is 1.88. The highest BCUT2D eigenvalue weighted by molar-refractivity contribution is 5.04. The Morgan fingerprint density at radius 3 is 2.40 bits per heavy atom. The van der Waals surface area contributed by atoms with Crippen LogP contribution in [0.2, 0.25) is 0 Å². The molecule has 0 saturated carbocycles. The third-order valence-corrected chi connectivity index (χ3v) is 1.88. The minimum absolute atomic E-state index is 0.693. The van der Waals surface area contributed by atoms with Crippen molar-refractivity contribution in [3.63, 3.8) is 0 Å². The number of rotatable bonds is 4. The van der Waals surface area contributed by atoms with Crippen molar-refractivity contribution in [3.8, 4) is 0 Å². The second-order valence-corrected chi connectivity index (χ2v) is 2.77. The molecule has 0 saturated heterocycles. The van der Waals surface area contributed by atoms with E-state index in [0.29, 0.717) is 5.92 Å². The quantitative estimate of drug-likeness (QED) is 0.597. The zero-order valence-electron chi connectivity index (χ0n) is 7.35. The number of hydrogen-bond acceptors (Lipinski definition) is 1. The van der Waals surface area contributed by atoms with E-state index in [1.165, 1.54) is 12.0 Å². The summed E-state index contributed by atoms with van der Waals surface area (Å²) in [5.41, 5.74) is 6.90. The normalized spacial score (nSPS) is 15.4. The summed E-state index contributed by atoms with van der Waals surface area (Å²) in [6.45, 7) is 7.30. The summed E-state index contributed by atoms with van der Waals surface area (Å²) in [5, 5.41) is 0. The molecule has 0 radical (unpaired) electrons. The van der Waals surface area contributed by atoms with E-state index in [2.05, 4.69) is 26.8 Å². The van der Waals surface area contributed by atoms with Crippen LogP contribution in [0.15, 0.2) is 11.6 Å². The zero-order valence-corrected chi connectivity index (χ0v) is 7.35. The van der Waals surface area contributed by atoms with Crippen LogP contribution >= 0.6 is 0 Å². The zero-order chi connectivity index (χ0) is 7.98. The minimum Gasteiger partial charge on any atom is -0.327 e. The highest BCUT2D eigenvalue weighted by Gasteiger charge is 1.95. The molecule has 0 spiro atoms. The lowest BCUT2D eigenvalue weighted by Crippen LogP contribution is -2.03. The van der Waals surface area contributed by atoms with Gasteiger partial charge in [0, 0.05) is 6.54 Å². The van der Waals surface area contributed by atoms with Crippen molar-refractivity contribution in [1.82, 2.24) is 0 Å². The van der Waals surface area contributed by atoms with Gasteiger partial charge in [0.15, 0.2) is 0 Å². The second-order valence-electron chi connectivity index (χ2n) is 2.77. The summed E-state index contributed by atoms with van der Waals surface area (Å²) < 4.78 is 0. The molecule has 1 unspecified atom stereocenters. The molecular weight excluding hydrogens is 122 g/mol. The van der Waals surface area contributed by atoms with Gasteiger partial charge in [-0.25, -0.2) is 0 Å². The first-order valence-electron chi connectivity index (χ1n) is 4.14. The fourth-order valence-electron chi connectivity index (χ4n) is 0.850. The van der Waals surface area contributed by atoms with Crippen LogP contribution in [-0.4, -0.2) is 6.54 Å². The molecule has 1 nitrogen and oxygen atoms in total. The van der Waals surface area contributed by atoms with E-state index in [4.69, 9.17) is 5.73 Å². The van der Waals surface area contributed by atoms with Crippen LogP contribution in [0.1, 0.15) is 33.6 Å². The molecule has 0 aromatic heterocycles. The Labute approximate surface area is 64.3 Å². The van der Waals surface area contributed by atoms with Gasteiger partial charge < -0.3 is 5.73 Å². The maximum Gasteiger partial charge on any atom is 0.0136 e. The first-order valence-corrected chi connectivity index (χ1v) is 4.14. The average Bonchev–Trinajstić information content (AvgIpc) is 1.99. The Balaban J connectivity index is 3.83. The van der Waals surface area contributed by atoms with E-state index in [1.807, 2.05) is 0 Å². The van der Waals surface area contributed by atoms with Crippen molar-refractivity contribution in [2.24, 2.45) is 11.7 Å². The lowest BCUT2D eigenvalue weighted by atomic mass is 10.0. The lowest BCUT2D eigenvalue weighted by molar-refractivity contribution is 0.687. The Bertz CT molecular complexity index is 99.3. The molecule has 1 heteroatoms. The van der Waals surface area contributed by atoms with Gasteiger partial charge >= 0.3 is 0 Å². The predicted molar refractivity (Wildman–Crippen MR) is 46.9 cm³/mol. The molecule has 2 N–H and O–H groups in total. The fraction of sp³-hybridized carbons (Fsp3) is 0.778. The molecule has 0 aliphatic rings. The second kappa shape index (κ2) is 5.48. The maximum absolute atomic E-state index is 5.52. The maximum atomic E-state index is 5.52. The Morgan fingerprint density at radius 2 is 2.10 bits per heavy atom. The summed E-state index contributed by atoms with van der Waals surface area (Å²) in [4.78, 5) is 0. The van der Waals surface area contributed by atoms with E-state index in [0.717, 1.165) is 13.0 Å². The fourth-order valence-corrected chi connectivity index (χ4v) is 0.850. The van der Waals surface area contributed by atoms with Gasteiger partial charge in [0.1, 0.15) is 0 Å². The van der Waals surface area contributed by atoms with Gasteiger partial charge in [-0.05, 0) is 12.3 Å². The molecule has 0 aliphatic carbocycles. The molecule has 0 aromatic rings. The lowest BCUT2D eigenvalue weighted by Gasteiger charge is -2.04. The van der Waals surface area contributed by atoms with E-state index in [-0.39, 0.29) is 0 Å². The van der Waals surface area contributed by atoms with E-state index >= 15 is 0 Å². The molecule has 0 aromatic carbocycles. The summed E-state index contributed by atoms with van der Waals surface area (Å²) in [5.74, 6) is 0.693. The van der Waals surface area contributed by atoms with Crippen LogP contribution in [0.4, 0.5) is 0 Å².